The summed E-state index contributed by atoms with van der Waals surface area (Å²) in [6, 6.07) is 8.85. The molecule has 18 heavy (non-hydrogen) atoms. The van der Waals surface area contributed by atoms with E-state index < -0.39 is 0 Å². The SMILES string of the molecule is CN(C)c1ccc(CCN2CCC[C@@H](Cl)C2)cc1. The number of hydrogen-bond acceptors (Lipinski definition) is 2. The molecule has 1 aromatic carbocycles. The van der Waals surface area contributed by atoms with Crippen molar-refractivity contribution in [3.63, 3.8) is 0 Å². The lowest BCUT2D eigenvalue weighted by atomic mass is 10.1. The van der Waals surface area contributed by atoms with E-state index >= 15 is 0 Å². The monoisotopic (exact) mass is 266 g/mol. The number of hydrogen-bond donors (Lipinski definition) is 0. The Kier molecular flexibility index (Phi) is 4.90. The summed E-state index contributed by atoms with van der Waals surface area (Å²) in [4.78, 5) is 4.62. The highest BCUT2D eigenvalue weighted by atomic mass is 35.5. The summed E-state index contributed by atoms with van der Waals surface area (Å²) in [5.41, 5.74) is 2.68. The van der Waals surface area contributed by atoms with Crippen molar-refractivity contribution in [2.45, 2.75) is 24.6 Å². The van der Waals surface area contributed by atoms with Crippen molar-refractivity contribution >= 4 is 17.3 Å². The van der Waals surface area contributed by atoms with Gasteiger partial charge in [0.25, 0.3) is 0 Å². The third-order valence-corrected chi connectivity index (χ3v) is 3.97. The molecule has 1 heterocycles. The maximum absolute atomic E-state index is 6.20. The number of nitrogens with zero attached hydrogens (tertiary/aromatic N) is 2. The van der Waals surface area contributed by atoms with Crippen LogP contribution in [0.5, 0.6) is 0 Å². The smallest absolute Gasteiger partial charge is 0.0463 e. The lowest BCUT2D eigenvalue weighted by Gasteiger charge is -2.29. The predicted molar refractivity (Wildman–Crippen MR) is 79.8 cm³/mol. The Labute approximate surface area is 116 Å². The van der Waals surface area contributed by atoms with Gasteiger partial charge in [0.2, 0.25) is 0 Å². The van der Waals surface area contributed by atoms with Gasteiger partial charge in [0.1, 0.15) is 0 Å². The number of piperidine rings is 1. The van der Waals surface area contributed by atoms with Crippen molar-refractivity contribution in [2.24, 2.45) is 0 Å². The Hall–Kier alpha value is -0.730. The second kappa shape index (κ2) is 6.44. The van der Waals surface area contributed by atoms with Gasteiger partial charge in [-0.15, -0.1) is 11.6 Å². The maximum Gasteiger partial charge on any atom is 0.0463 e. The first kappa shape index (κ1) is 13.7. The summed E-state index contributed by atoms with van der Waals surface area (Å²) in [6.07, 6.45) is 3.54. The van der Waals surface area contributed by atoms with Gasteiger partial charge in [-0.2, -0.15) is 0 Å². The zero-order valence-corrected chi connectivity index (χ0v) is 12.2. The zero-order chi connectivity index (χ0) is 13.0. The van der Waals surface area contributed by atoms with E-state index in [0.717, 1.165) is 19.5 Å². The fourth-order valence-corrected chi connectivity index (χ4v) is 2.80. The molecule has 0 N–H and O–H groups in total. The van der Waals surface area contributed by atoms with Crippen molar-refractivity contribution in [1.82, 2.24) is 4.90 Å². The van der Waals surface area contributed by atoms with Crippen molar-refractivity contribution in [3.8, 4) is 0 Å². The van der Waals surface area contributed by atoms with E-state index in [1.54, 1.807) is 0 Å². The van der Waals surface area contributed by atoms with Crippen LogP contribution in [-0.2, 0) is 6.42 Å². The van der Waals surface area contributed by atoms with Crippen LogP contribution in [0, 0.1) is 0 Å². The average molecular weight is 267 g/mol. The fraction of sp³-hybridized carbons (Fsp3) is 0.600. The molecule has 0 spiro atoms. The van der Waals surface area contributed by atoms with E-state index in [4.69, 9.17) is 11.6 Å². The molecule has 3 heteroatoms. The molecule has 1 saturated heterocycles. The largest absolute Gasteiger partial charge is 0.378 e. The van der Waals surface area contributed by atoms with Crippen LogP contribution in [0.2, 0.25) is 0 Å². The minimum Gasteiger partial charge on any atom is -0.378 e. The highest BCUT2D eigenvalue weighted by Gasteiger charge is 2.17. The lowest BCUT2D eigenvalue weighted by Crippen LogP contribution is -2.37. The van der Waals surface area contributed by atoms with Gasteiger partial charge in [0, 0.05) is 38.2 Å². The molecule has 0 aromatic heterocycles. The van der Waals surface area contributed by atoms with Gasteiger partial charge in [-0.1, -0.05) is 12.1 Å². The van der Waals surface area contributed by atoms with Gasteiger partial charge in [-0.05, 0) is 43.5 Å². The maximum atomic E-state index is 6.20. The van der Waals surface area contributed by atoms with Gasteiger partial charge in [-0.3, -0.25) is 0 Å². The van der Waals surface area contributed by atoms with Crippen LogP contribution in [-0.4, -0.2) is 44.0 Å². The molecule has 100 valence electrons. The first-order chi connectivity index (χ1) is 8.65. The molecule has 1 aliphatic heterocycles. The number of benzene rings is 1. The van der Waals surface area contributed by atoms with Crippen molar-refractivity contribution < 1.29 is 0 Å². The molecule has 2 rings (SSSR count). The van der Waals surface area contributed by atoms with E-state index in [9.17, 15) is 0 Å². The molecule has 0 radical (unpaired) electrons. The second-order valence-corrected chi connectivity index (χ2v) is 5.97. The van der Waals surface area contributed by atoms with Gasteiger partial charge in [0.15, 0.2) is 0 Å². The van der Waals surface area contributed by atoms with E-state index in [-0.39, 0.29) is 0 Å². The molecular formula is C15H23ClN2. The summed E-state index contributed by atoms with van der Waals surface area (Å²) >= 11 is 6.20. The Morgan fingerprint density at radius 1 is 1.28 bits per heavy atom. The summed E-state index contributed by atoms with van der Waals surface area (Å²) < 4.78 is 0. The molecule has 1 fully saturated rings. The number of halogens is 1. The minimum absolute atomic E-state index is 0.356. The minimum atomic E-state index is 0.356. The summed E-state index contributed by atoms with van der Waals surface area (Å²) in [7, 11) is 4.15. The summed E-state index contributed by atoms with van der Waals surface area (Å²) in [5.74, 6) is 0. The van der Waals surface area contributed by atoms with Gasteiger partial charge < -0.3 is 9.80 Å². The highest BCUT2D eigenvalue weighted by molar-refractivity contribution is 6.20. The topological polar surface area (TPSA) is 6.48 Å². The van der Waals surface area contributed by atoms with Gasteiger partial charge in [-0.25, -0.2) is 0 Å². The molecular weight excluding hydrogens is 244 g/mol. The van der Waals surface area contributed by atoms with Crippen molar-refractivity contribution in [3.05, 3.63) is 29.8 Å². The van der Waals surface area contributed by atoms with E-state index in [0.29, 0.717) is 5.38 Å². The standard InChI is InChI=1S/C15H23ClN2/c1-17(2)15-7-5-13(6-8-15)9-11-18-10-3-4-14(16)12-18/h5-8,14H,3-4,9-12H2,1-2H3/t14-/m1/s1. The van der Waals surface area contributed by atoms with E-state index in [1.807, 2.05) is 0 Å². The lowest BCUT2D eigenvalue weighted by molar-refractivity contribution is 0.235. The highest BCUT2D eigenvalue weighted by Crippen LogP contribution is 2.16. The quantitative estimate of drug-likeness (QED) is 0.773. The van der Waals surface area contributed by atoms with E-state index in [1.165, 1.54) is 30.6 Å². The van der Waals surface area contributed by atoms with Crippen LogP contribution in [0.25, 0.3) is 0 Å². The van der Waals surface area contributed by atoms with Crippen molar-refractivity contribution in [1.29, 1.82) is 0 Å². The van der Waals surface area contributed by atoms with Crippen LogP contribution in [0.4, 0.5) is 5.69 Å². The molecule has 2 nitrogen and oxygen atoms in total. The van der Waals surface area contributed by atoms with Crippen LogP contribution in [0.15, 0.2) is 24.3 Å². The molecule has 1 aromatic rings. The first-order valence-corrected chi connectivity index (χ1v) is 7.21. The van der Waals surface area contributed by atoms with Gasteiger partial charge >= 0.3 is 0 Å². The normalized spacial score (nSPS) is 20.9. The molecule has 0 amide bonds. The summed E-state index contributed by atoms with van der Waals surface area (Å²) in [5, 5.41) is 0.356. The second-order valence-electron chi connectivity index (χ2n) is 5.35. The number of rotatable bonds is 4. The van der Waals surface area contributed by atoms with E-state index in [2.05, 4.69) is 48.2 Å². The Morgan fingerprint density at radius 3 is 2.61 bits per heavy atom. The summed E-state index contributed by atoms with van der Waals surface area (Å²) in [6.45, 7) is 3.39. The molecule has 0 aliphatic carbocycles. The van der Waals surface area contributed by atoms with Crippen molar-refractivity contribution in [2.75, 3.05) is 38.6 Å². The molecule has 0 bridgehead atoms. The van der Waals surface area contributed by atoms with Crippen LogP contribution < -0.4 is 4.90 Å². The molecule has 0 saturated carbocycles. The Bertz CT molecular complexity index is 361. The third-order valence-electron chi connectivity index (χ3n) is 3.62. The zero-order valence-electron chi connectivity index (χ0n) is 11.4. The average Bonchev–Trinajstić information content (AvgIpc) is 2.37. The fourth-order valence-electron chi connectivity index (χ4n) is 2.45. The Morgan fingerprint density at radius 2 is 2.00 bits per heavy atom. The molecule has 0 unspecified atom stereocenters. The van der Waals surface area contributed by atoms with Crippen LogP contribution in [0.1, 0.15) is 18.4 Å². The first-order valence-electron chi connectivity index (χ1n) is 6.78. The van der Waals surface area contributed by atoms with Crippen LogP contribution >= 0.6 is 11.6 Å². The van der Waals surface area contributed by atoms with Crippen LogP contribution in [0.3, 0.4) is 0 Å². The third kappa shape index (κ3) is 3.89. The molecule has 1 aliphatic rings. The Balaban J connectivity index is 1.82. The molecule has 1 atom stereocenters. The van der Waals surface area contributed by atoms with Gasteiger partial charge in [0.05, 0.1) is 0 Å². The number of anilines is 1. The number of alkyl halides is 1. The number of likely N-dealkylation sites (tertiary alicyclic amines) is 1. The predicted octanol–water partition coefficient (Wildman–Crippen LogP) is 3.00.